The van der Waals surface area contributed by atoms with Gasteiger partial charge in [0.05, 0.1) is 0 Å². The number of ether oxygens (including phenoxy) is 1. The van der Waals surface area contributed by atoms with E-state index in [0.29, 0.717) is 0 Å². The molecule has 2 N–H and O–H groups in total. The maximum Gasteiger partial charge on any atom is 0.407 e. The van der Waals surface area contributed by atoms with Crippen molar-refractivity contribution >= 4 is 6.09 Å². The first-order valence-corrected chi connectivity index (χ1v) is 6.95. The van der Waals surface area contributed by atoms with Gasteiger partial charge in [-0.2, -0.15) is 0 Å². The predicted molar refractivity (Wildman–Crippen MR) is 71.4 cm³/mol. The van der Waals surface area contributed by atoms with E-state index in [1.54, 1.807) is 0 Å². The molecule has 3 atom stereocenters. The van der Waals surface area contributed by atoms with Crippen LogP contribution in [0.15, 0.2) is 0 Å². The molecule has 2 rings (SSSR count). The number of carbonyl (C=O) groups is 1. The molecule has 1 saturated carbocycles. The second-order valence-corrected chi connectivity index (χ2v) is 7.25. The van der Waals surface area contributed by atoms with Crippen molar-refractivity contribution in [3.63, 3.8) is 0 Å². The van der Waals surface area contributed by atoms with Crippen molar-refractivity contribution in [1.82, 2.24) is 10.6 Å². The minimum atomic E-state index is -0.416. The Morgan fingerprint density at radius 1 is 1.33 bits per heavy atom. The molecule has 1 aliphatic heterocycles. The maximum absolute atomic E-state index is 11.7. The van der Waals surface area contributed by atoms with Gasteiger partial charge in [-0.3, -0.25) is 0 Å². The first-order chi connectivity index (χ1) is 8.27. The molecule has 2 aliphatic rings. The second kappa shape index (κ2) is 4.72. The standard InChI is InChI=1S/C14H26N2O2/c1-13(2,3)18-12(17)16-9-14(4)5-10-7-15-8-11(10)6-14/h10-11,15H,5-9H2,1-4H3,(H,16,17)/t10-,11+,14-. The van der Waals surface area contributed by atoms with Crippen molar-refractivity contribution in [2.24, 2.45) is 17.3 Å². The first-order valence-electron chi connectivity index (χ1n) is 6.95. The number of fused-ring (bicyclic) bond motifs is 1. The van der Waals surface area contributed by atoms with E-state index in [9.17, 15) is 4.79 Å². The molecule has 0 aromatic carbocycles. The van der Waals surface area contributed by atoms with Crippen LogP contribution in [0.5, 0.6) is 0 Å². The highest BCUT2D eigenvalue weighted by molar-refractivity contribution is 5.67. The molecule has 1 amide bonds. The number of rotatable bonds is 2. The Balaban J connectivity index is 1.78. The fourth-order valence-electron chi connectivity index (χ4n) is 3.36. The smallest absolute Gasteiger partial charge is 0.407 e. The van der Waals surface area contributed by atoms with Crippen LogP contribution >= 0.6 is 0 Å². The van der Waals surface area contributed by atoms with Gasteiger partial charge in [0.25, 0.3) is 0 Å². The van der Waals surface area contributed by atoms with Gasteiger partial charge in [0.2, 0.25) is 0 Å². The molecule has 4 heteroatoms. The monoisotopic (exact) mass is 254 g/mol. The van der Waals surface area contributed by atoms with Crippen LogP contribution in [0.4, 0.5) is 4.79 Å². The molecule has 0 aromatic rings. The summed E-state index contributed by atoms with van der Waals surface area (Å²) in [6, 6.07) is 0. The molecule has 4 nitrogen and oxygen atoms in total. The van der Waals surface area contributed by atoms with E-state index in [1.807, 2.05) is 20.8 Å². The van der Waals surface area contributed by atoms with Gasteiger partial charge in [-0.1, -0.05) is 6.92 Å². The number of carbonyl (C=O) groups excluding carboxylic acids is 1. The van der Waals surface area contributed by atoms with Gasteiger partial charge in [0, 0.05) is 6.54 Å². The molecular weight excluding hydrogens is 228 g/mol. The number of alkyl carbamates (subject to hydrolysis) is 1. The van der Waals surface area contributed by atoms with Gasteiger partial charge in [-0.15, -0.1) is 0 Å². The van der Waals surface area contributed by atoms with Gasteiger partial charge < -0.3 is 15.4 Å². The topological polar surface area (TPSA) is 50.4 Å². The summed E-state index contributed by atoms with van der Waals surface area (Å²) in [7, 11) is 0. The Hall–Kier alpha value is -0.770. The van der Waals surface area contributed by atoms with Crippen molar-refractivity contribution < 1.29 is 9.53 Å². The van der Waals surface area contributed by atoms with Crippen molar-refractivity contribution in [1.29, 1.82) is 0 Å². The third-order valence-corrected chi connectivity index (χ3v) is 4.05. The third-order valence-electron chi connectivity index (χ3n) is 4.05. The van der Waals surface area contributed by atoms with Crippen LogP contribution in [-0.4, -0.2) is 31.3 Å². The SMILES string of the molecule is CC(C)(C)OC(=O)NC[C@@]1(C)C[C@H]2CNC[C@H]2C1. The minimum absolute atomic E-state index is 0.244. The maximum atomic E-state index is 11.7. The summed E-state index contributed by atoms with van der Waals surface area (Å²) in [5.41, 5.74) is -0.171. The summed E-state index contributed by atoms with van der Waals surface area (Å²) >= 11 is 0. The Kier molecular flexibility index (Phi) is 3.58. The first kappa shape index (κ1) is 13.7. The average Bonchev–Trinajstić information content (AvgIpc) is 2.70. The summed E-state index contributed by atoms with van der Waals surface area (Å²) in [5, 5.41) is 6.38. The highest BCUT2D eigenvalue weighted by Gasteiger charge is 2.44. The number of nitrogens with one attached hydrogen (secondary N) is 2. The number of hydrogen-bond acceptors (Lipinski definition) is 3. The number of hydrogen-bond donors (Lipinski definition) is 2. The summed E-state index contributed by atoms with van der Waals surface area (Å²) < 4.78 is 5.27. The van der Waals surface area contributed by atoms with Gasteiger partial charge in [-0.05, 0) is 64.0 Å². The van der Waals surface area contributed by atoms with Gasteiger partial charge in [-0.25, -0.2) is 4.79 Å². The molecule has 1 aliphatic carbocycles. The highest BCUT2D eigenvalue weighted by atomic mass is 16.6. The third kappa shape index (κ3) is 3.37. The zero-order valence-corrected chi connectivity index (χ0v) is 12.0. The molecule has 2 fully saturated rings. The van der Waals surface area contributed by atoms with E-state index < -0.39 is 5.60 Å². The molecule has 18 heavy (non-hydrogen) atoms. The molecular formula is C14H26N2O2. The zero-order valence-electron chi connectivity index (χ0n) is 12.0. The average molecular weight is 254 g/mol. The minimum Gasteiger partial charge on any atom is -0.444 e. The molecule has 0 radical (unpaired) electrons. The summed E-state index contributed by atoms with van der Waals surface area (Å²) in [6.45, 7) is 11.0. The molecule has 1 heterocycles. The predicted octanol–water partition coefficient (Wildman–Crippen LogP) is 2.15. The quantitative estimate of drug-likeness (QED) is 0.794. The number of amides is 1. The van der Waals surface area contributed by atoms with Gasteiger partial charge in [0.15, 0.2) is 0 Å². The fourth-order valence-corrected chi connectivity index (χ4v) is 3.36. The fraction of sp³-hybridized carbons (Fsp3) is 0.929. The molecule has 0 spiro atoms. The second-order valence-electron chi connectivity index (χ2n) is 7.25. The Bertz CT molecular complexity index is 310. The lowest BCUT2D eigenvalue weighted by Crippen LogP contribution is -2.38. The van der Waals surface area contributed by atoms with Crippen molar-refractivity contribution in [3.05, 3.63) is 0 Å². The van der Waals surface area contributed by atoms with E-state index in [-0.39, 0.29) is 11.5 Å². The summed E-state index contributed by atoms with van der Waals surface area (Å²) in [4.78, 5) is 11.7. The van der Waals surface area contributed by atoms with E-state index in [1.165, 1.54) is 12.8 Å². The Labute approximate surface area is 110 Å². The van der Waals surface area contributed by atoms with Crippen molar-refractivity contribution in [3.8, 4) is 0 Å². The van der Waals surface area contributed by atoms with Crippen LogP contribution in [0.3, 0.4) is 0 Å². The molecule has 1 saturated heterocycles. The molecule has 104 valence electrons. The Morgan fingerprint density at radius 3 is 2.39 bits per heavy atom. The zero-order chi connectivity index (χ0) is 13.4. The molecule has 0 unspecified atom stereocenters. The van der Waals surface area contributed by atoms with E-state index in [2.05, 4.69) is 17.6 Å². The van der Waals surface area contributed by atoms with Gasteiger partial charge >= 0.3 is 6.09 Å². The highest BCUT2D eigenvalue weighted by Crippen LogP contribution is 2.46. The van der Waals surface area contributed by atoms with E-state index in [0.717, 1.165) is 31.5 Å². The van der Waals surface area contributed by atoms with Crippen molar-refractivity contribution in [2.45, 2.75) is 46.1 Å². The van der Waals surface area contributed by atoms with Gasteiger partial charge in [0.1, 0.15) is 5.60 Å². The normalized spacial score (nSPS) is 35.3. The van der Waals surface area contributed by atoms with Crippen LogP contribution in [0.1, 0.15) is 40.5 Å². The van der Waals surface area contributed by atoms with Crippen LogP contribution in [0.25, 0.3) is 0 Å². The largest absolute Gasteiger partial charge is 0.444 e. The van der Waals surface area contributed by atoms with Crippen LogP contribution < -0.4 is 10.6 Å². The van der Waals surface area contributed by atoms with Crippen LogP contribution in [-0.2, 0) is 4.74 Å². The molecule has 0 bridgehead atoms. The van der Waals surface area contributed by atoms with Crippen LogP contribution in [0, 0.1) is 17.3 Å². The summed E-state index contributed by atoms with van der Waals surface area (Å²) in [5.74, 6) is 1.60. The van der Waals surface area contributed by atoms with Crippen LogP contribution in [0.2, 0.25) is 0 Å². The van der Waals surface area contributed by atoms with E-state index in [4.69, 9.17) is 4.74 Å². The lowest BCUT2D eigenvalue weighted by atomic mass is 9.87. The summed E-state index contributed by atoms with van der Waals surface area (Å²) in [6.07, 6.45) is 2.12. The Morgan fingerprint density at radius 2 is 1.89 bits per heavy atom. The van der Waals surface area contributed by atoms with E-state index >= 15 is 0 Å². The lowest BCUT2D eigenvalue weighted by molar-refractivity contribution is 0.0502. The van der Waals surface area contributed by atoms with Crippen molar-refractivity contribution in [2.75, 3.05) is 19.6 Å². The molecule has 0 aromatic heterocycles. The lowest BCUT2D eigenvalue weighted by Gasteiger charge is -2.27.